The Morgan fingerprint density at radius 3 is 2.65 bits per heavy atom. The Morgan fingerprint density at radius 2 is 2.06 bits per heavy atom. The van der Waals surface area contributed by atoms with E-state index in [1.165, 1.54) is 5.56 Å². The van der Waals surface area contributed by atoms with Gasteiger partial charge in [0, 0.05) is 22.6 Å². The van der Waals surface area contributed by atoms with Crippen LogP contribution in [0.15, 0.2) is 29.6 Å². The fourth-order valence-electron chi connectivity index (χ4n) is 1.53. The van der Waals surface area contributed by atoms with Gasteiger partial charge in [-0.05, 0) is 31.5 Å². The normalized spacial score (nSPS) is 12.6. The van der Waals surface area contributed by atoms with Crippen molar-refractivity contribution in [2.24, 2.45) is 0 Å². The van der Waals surface area contributed by atoms with Gasteiger partial charge in [0.25, 0.3) is 0 Å². The molecule has 90 valence electrons. The minimum atomic E-state index is 0.282. The highest BCUT2D eigenvalue weighted by Crippen LogP contribution is 2.18. The lowest BCUT2D eigenvalue weighted by Gasteiger charge is -2.11. The highest BCUT2D eigenvalue weighted by Gasteiger charge is 2.08. The SMILES string of the molecule is Cc1csc(C(C)NCc2ccc(Cl)cc2)n1. The van der Waals surface area contributed by atoms with Gasteiger partial charge >= 0.3 is 0 Å². The average molecular weight is 267 g/mol. The summed E-state index contributed by atoms with van der Waals surface area (Å²) in [5.74, 6) is 0. The lowest BCUT2D eigenvalue weighted by molar-refractivity contribution is 0.571. The largest absolute Gasteiger partial charge is 0.304 e. The first kappa shape index (κ1) is 12.6. The van der Waals surface area contributed by atoms with Crippen LogP contribution in [0.3, 0.4) is 0 Å². The van der Waals surface area contributed by atoms with E-state index in [1.807, 2.05) is 31.2 Å². The second-order valence-electron chi connectivity index (χ2n) is 4.06. The van der Waals surface area contributed by atoms with Crippen LogP contribution in [0, 0.1) is 6.92 Å². The maximum atomic E-state index is 5.84. The fraction of sp³-hybridized carbons (Fsp3) is 0.308. The Labute approximate surface area is 111 Å². The summed E-state index contributed by atoms with van der Waals surface area (Å²) >= 11 is 7.54. The molecule has 0 spiro atoms. The zero-order valence-corrected chi connectivity index (χ0v) is 11.5. The Kier molecular flexibility index (Phi) is 4.15. The number of nitrogens with one attached hydrogen (secondary N) is 1. The van der Waals surface area contributed by atoms with E-state index < -0.39 is 0 Å². The van der Waals surface area contributed by atoms with Crippen LogP contribution < -0.4 is 5.32 Å². The van der Waals surface area contributed by atoms with E-state index in [2.05, 4.69) is 22.6 Å². The zero-order chi connectivity index (χ0) is 12.3. The van der Waals surface area contributed by atoms with Crippen molar-refractivity contribution in [1.29, 1.82) is 0 Å². The lowest BCUT2D eigenvalue weighted by atomic mass is 10.2. The molecule has 17 heavy (non-hydrogen) atoms. The van der Waals surface area contributed by atoms with Crippen LogP contribution in [0.2, 0.25) is 5.02 Å². The fourth-order valence-corrected chi connectivity index (χ4v) is 2.49. The summed E-state index contributed by atoms with van der Waals surface area (Å²) < 4.78 is 0. The second kappa shape index (κ2) is 5.63. The van der Waals surface area contributed by atoms with Crippen molar-refractivity contribution < 1.29 is 0 Å². The average Bonchev–Trinajstić information content (AvgIpc) is 2.75. The minimum Gasteiger partial charge on any atom is -0.304 e. The first-order valence-electron chi connectivity index (χ1n) is 5.55. The third-order valence-corrected chi connectivity index (χ3v) is 3.93. The Morgan fingerprint density at radius 1 is 1.35 bits per heavy atom. The number of benzene rings is 1. The van der Waals surface area contributed by atoms with Gasteiger partial charge in [-0.25, -0.2) is 4.98 Å². The molecule has 0 aliphatic rings. The number of aryl methyl sites for hydroxylation is 1. The lowest BCUT2D eigenvalue weighted by Crippen LogP contribution is -2.17. The molecule has 1 aromatic heterocycles. The van der Waals surface area contributed by atoms with Crippen LogP contribution >= 0.6 is 22.9 Å². The maximum Gasteiger partial charge on any atom is 0.110 e. The summed E-state index contributed by atoms with van der Waals surface area (Å²) in [4.78, 5) is 4.47. The topological polar surface area (TPSA) is 24.9 Å². The first-order chi connectivity index (χ1) is 8.15. The second-order valence-corrected chi connectivity index (χ2v) is 5.38. The molecule has 1 heterocycles. The van der Waals surface area contributed by atoms with Crippen molar-refractivity contribution in [3.8, 4) is 0 Å². The van der Waals surface area contributed by atoms with Gasteiger partial charge in [-0.3, -0.25) is 0 Å². The molecule has 0 saturated carbocycles. The summed E-state index contributed by atoms with van der Waals surface area (Å²) in [5.41, 5.74) is 2.32. The van der Waals surface area contributed by atoms with Crippen molar-refractivity contribution in [1.82, 2.24) is 10.3 Å². The molecule has 1 atom stereocenters. The number of hydrogen-bond acceptors (Lipinski definition) is 3. The maximum absolute atomic E-state index is 5.84. The van der Waals surface area contributed by atoms with Gasteiger partial charge in [0.15, 0.2) is 0 Å². The van der Waals surface area contributed by atoms with Crippen LogP contribution in [0.4, 0.5) is 0 Å². The summed E-state index contributed by atoms with van der Waals surface area (Å²) in [5, 5.41) is 7.44. The van der Waals surface area contributed by atoms with E-state index in [0.29, 0.717) is 0 Å². The highest BCUT2D eigenvalue weighted by atomic mass is 35.5. The molecule has 2 rings (SSSR count). The molecular formula is C13H15ClN2S. The number of hydrogen-bond donors (Lipinski definition) is 1. The van der Waals surface area contributed by atoms with Gasteiger partial charge in [0.2, 0.25) is 0 Å². The number of halogens is 1. The number of thiazole rings is 1. The quantitative estimate of drug-likeness (QED) is 0.906. The molecule has 0 radical (unpaired) electrons. The monoisotopic (exact) mass is 266 g/mol. The molecule has 1 unspecified atom stereocenters. The standard InChI is InChI=1S/C13H15ClN2S/c1-9-8-17-13(16-9)10(2)15-7-11-3-5-12(14)6-4-11/h3-6,8,10,15H,7H2,1-2H3. The summed E-state index contributed by atoms with van der Waals surface area (Å²) in [6, 6.07) is 8.18. The van der Waals surface area contributed by atoms with Crippen LogP contribution in [0.5, 0.6) is 0 Å². The van der Waals surface area contributed by atoms with E-state index in [0.717, 1.165) is 22.3 Å². The van der Waals surface area contributed by atoms with Gasteiger partial charge in [0.1, 0.15) is 5.01 Å². The Balaban J connectivity index is 1.92. The summed E-state index contributed by atoms with van der Waals surface area (Å²) in [7, 11) is 0. The predicted octanol–water partition coefficient (Wildman–Crippen LogP) is 3.96. The molecule has 1 aromatic carbocycles. The minimum absolute atomic E-state index is 0.282. The third-order valence-electron chi connectivity index (χ3n) is 2.53. The highest BCUT2D eigenvalue weighted by molar-refractivity contribution is 7.09. The molecule has 0 aliphatic heterocycles. The zero-order valence-electron chi connectivity index (χ0n) is 9.90. The molecule has 1 N–H and O–H groups in total. The first-order valence-corrected chi connectivity index (χ1v) is 6.81. The van der Waals surface area contributed by atoms with Gasteiger partial charge < -0.3 is 5.32 Å². The van der Waals surface area contributed by atoms with Crippen LogP contribution in [0.1, 0.15) is 29.2 Å². The molecule has 0 bridgehead atoms. The molecule has 4 heteroatoms. The van der Waals surface area contributed by atoms with Crippen molar-refractivity contribution >= 4 is 22.9 Å². The van der Waals surface area contributed by atoms with Crippen LogP contribution in [-0.4, -0.2) is 4.98 Å². The molecular weight excluding hydrogens is 252 g/mol. The predicted molar refractivity (Wildman–Crippen MR) is 73.6 cm³/mol. The summed E-state index contributed by atoms with van der Waals surface area (Å²) in [6.45, 7) is 4.98. The van der Waals surface area contributed by atoms with Gasteiger partial charge in [-0.1, -0.05) is 23.7 Å². The number of rotatable bonds is 4. The Hall–Kier alpha value is -0.900. The molecule has 0 saturated heterocycles. The molecule has 0 aliphatic carbocycles. The van der Waals surface area contributed by atoms with E-state index in [4.69, 9.17) is 11.6 Å². The van der Waals surface area contributed by atoms with Crippen molar-refractivity contribution in [2.75, 3.05) is 0 Å². The van der Waals surface area contributed by atoms with Crippen molar-refractivity contribution in [2.45, 2.75) is 26.4 Å². The van der Waals surface area contributed by atoms with Crippen LogP contribution in [-0.2, 0) is 6.54 Å². The molecule has 2 aromatic rings. The third kappa shape index (κ3) is 3.53. The molecule has 2 nitrogen and oxygen atoms in total. The van der Waals surface area contributed by atoms with Crippen LogP contribution in [0.25, 0.3) is 0 Å². The van der Waals surface area contributed by atoms with Gasteiger partial charge in [0.05, 0.1) is 6.04 Å². The van der Waals surface area contributed by atoms with E-state index >= 15 is 0 Å². The van der Waals surface area contributed by atoms with Crippen molar-refractivity contribution in [3.63, 3.8) is 0 Å². The summed E-state index contributed by atoms with van der Waals surface area (Å²) in [6.07, 6.45) is 0. The number of nitrogens with zero attached hydrogens (tertiary/aromatic N) is 1. The van der Waals surface area contributed by atoms with Crippen molar-refractivity contribution in [3.05, 3.63) is 50.9 Å². The van der Waals surface area contributed by atoms with E-state index in [1.54, 1.807) is 11.3 Å². The number of aromatic nitrogens is 1. The Bertz CT molecular complexity index is 478. The van der Waals surface area contributed by atoms with E-state index in [-0.39, 0.29) is 6.04 Å². The molecule has 0 fully saturated rings. The van der Waals surface area contributed by atoms with E-state index in [9.17, 15) is 0 Å². The van der Waals surface area contributed by atoms with Gasteiger partial charge in [-0.2, -0.15) is 0 Å². The van der Waals surface area contributed by atoms with Gasteiger partial charge in [-0.15, -0.1) is 11.3 Å². The smallest absolute Gasteiger partial charge is 0.110 e. The molecule has 0 amide bonds.